The van der Waals surface area contributed by atoms with Crippen LogP contribution in [0.5, 0.6) is 0 Å². The maximum Gasteiger partial charge on any atom is 0.262 e. The Morgan fingerprint density at radius 2 is 1.71 bits per heavy atom. The Kier molecular flexibility index (Phi) is 7.79. The van der Waals surface area contributed by atoms with Gasteiger partial charge in [-0.15, -0.1) is 0 Å². The number of nitrogens with one attached hydrogen (secondary N) is 2. The van der Waals surface area contributed by atoms with Gasteiger partial charge >= 0.3 is 0 Å². The van der Waals surface area contributed by atoms with Crippen molar-refractivity contribution in [3.8, 4) is 0 Å². The molecular weight excluding hydrogens is 462 g/mol. The van der Waals surface area contributed by atoms with Gasteiger partial charge < -0.3 is 10.2 Å². The molecule has 0 spiro atoms. The standard InChI is InChI=1S/C27H35N3O4S/c1-19-12-14-23(15-13-19)28-26(31)22-9-6-16-30(18-22)27(32)21-8-5-10-24(17-21)29-35(33,34)25-11-4-3-7-20(25)2/h3-5,7-8,10-11,17,19,22-23,29H,6,9,12-16,18H2,1-2H3,(H,28,31). The number of rotatable bonds is 6. The molecule has 0 radical (unpaired) electrons. The minimum absolute atomic E-state index is 0.0433. The summed E-state index contributed by atoms with van der Waals surface area (Å²) in [6.45, 7) is 4.97. The molecule has 7 nitrogen and oxygen atoms in total. The van der Waals surface area contributed by atoms with Crippen LogP contribution in [0, 0.1) is 18.8 Å². The zero-order valence-corrected chi connectivity index (χ0v) is 21.3. The van der Waals surface area contributed by atoms with Crippen molar-refractivity contribution in [2.45, 2.75) is 63.3 Å². The highest BCUT2D eigenvalue weighted by Crippen LogP contribution is 2.26. The molecule has 2 amide bonds. The topological polar surface area (TPSA) is 95.6 Å². The molecular formula is C27H35N3O4S. The number of hydrogen-bond acceptors (Lipinski definition) is 4. The summed E-state index contributed by atoms with van der Waals surface area (Å²) in [4.78, 5) is 28.1. The van der Waals surface area contributed by atoms with Crippen LogP contribution in [0.3, 0.4) is 0 Å². The van der Waals surface area contributed by atoms with Crippen LogP contribution in [0.4, 0.5) is 5.69 Å². The third kappa shape index (κ3) is 6.23. The number of amides is 2. The lowest BCUT2D eigenvalue weighted by molar-refractivity contribution is -0.127. The lowest BCUT2D eigenvalue weighted by Gasteiger charge is -2.34. The number of carbonyl (C=O) groups excluding carboxylic acids is 2. The van der Waals surface area contributed by atoms with Crippen molar-refractivity contribution in [1.29, 1.82) is 0 Å². The van der Waals surface area contributed by atoms with Gasteiger partial charge in [0.15, 0.2) is 0 Å². The average molecular weight is 498 g/mol. The van der Waals surface area contributed by atoms with Gasteiger partial charge in [0.25, 0.3) is 15.9 Å². The summed E-state index contributed by atoms with van der Waals surface area (Å²) in [6, 6.07) is 13.5. The van der Waals surface area contributed by atoms with E-state index in [1.54, 1.807) is 60.4 Å². The molecule has 1 heterocycles. The highest BCUT2D eigenvalue weighted by molar-refractivity contribution is 7.92. The fourth-order valence-corrected chi connectivity index (χ4v) is 6.36. The van der Waals surface area contributed by atoms with Gasteiger partial charge in [-0.2, -0.15) is 0 Å². The van der Waals surface area contributed by atoms with E-state index in [1.165, 1.54) is 0 Å². The van der Waals surface area contributed by atoms with Crippen molar-refractivity contribution in [1.82, 2.24) is 10.2 Å². The van der Waals surface area contributed by atoms with Crippen molar-refractivity contribution >= 4 is 27.5 Å². The second-order valence-electron chi connectivity index (χ2n) is 10.0. The quantitative estimate of drug-likeness (QED) is 0.621. The molecule has 35 heavy (non-hydrogen) atoms. The van der Waals surface area contributed by atoms with Crippen molar-refractivity contribution in [3.63, 3.8) is 0 Å². The first-order valence-electron chi connectivity index (χ1n) is 12.5. The van der Waals surface area contributed by atoms with Gasteiger partial charge in [-0.05, 0) is 81.2 Å². The molecule has 1 aliphatic carbocycles. The molecule has 2 N–H and O–H groups in total. The maximum atomic E-state index is 13.3. The summed E-state index contributed by atoms with van der Waals surface area (Å²) in [5.41, 5.74) is 1.38. The number of hydrogen-bond donors (Lipinski definition) is 2. The number of benzene rings is 2. The number of likely N-dealkylation sites (tertiary alicyclic amines) is 1. The maximum absolute atomic E-state index is 13.3. The van der Waals surface area contributed by atoms with Gasteiger partial charge in [0.2, 0.25) is 5.91 Å². The van der Waals surface area contributed by atoms with Crippen LogP contribution in [-0.2, 0) is 14.8 Å². The Morgan fingerprint density at radius 3 is 2.46 bits per heavy atom. The van der Waals surface area contributed by atoms with E-state index >= 15 is 0 Å². The van der Waals surface area contributed by atoms with Gasteiger partial charge in [0.05, 0.1) is 10.8 Å². The molecule has 8 heteroatoms. The fourth-order valence-electron chi connectivity index (χ4n) is 5.07. The molecule has 4 rings (SSSR count). The minimum Gasteiger partial charge on any atom is -0.353 e. The van der Waals surface area contributed by atoms with Crippen LogP contribution in [0.1, 0.15) is 61.4 Å². The summed E-state index contributed by atoms with van der Waals surface area (Å²) in [7, 11) is -3.78. The van der Waals surface area contributed by atoms with Gasteiger partial charge in [-0.1, -0.05) is 31.2 Å². The molecule has 0 bridgehead atoms. The lowest BCUT2D eigenvalue weighted by Crippen LogP contribution is -2.48. The molecule has 1 unspecified atom stereocenters. The van der Waals surface area contributed by atoms with E-state index in [9.17, 15) is 18.0 Å². The number of anilines is 1. The fraction of sp³-hybridized carbons (Fsp3) is 0.481. The zero-order chi connectivity index (χ0) is 25.0. The molecule has 2 aromatic rings. The van der Waals surface area contributed by atoms with Crippen molar-refractivity contribution in [3.05, 3.63) is 59.7 Å². The van der Waals surface area contributed by atoms with Crippen LogP contribution < -0.4 is 10.0 Å². The average Bonchev–Trinajstić information content (AvgIpc) is 2.85. The highest BCUT2D eigenvalue weighted by atomic mass is 32.2. The van der Waals surface area contributed by atoms with E-state index in [4.69, 9.17) is 0 Å². The molecule has 0 aromatic heterocycles. The number of piperidine rings is 1. The Morgan fingerprint density at radius 1 is 0.971 bits per heavy atom. The largest absolute Gasteiger partial charge is 0.353 e. The van der Waals surface area contributed by atoms with Crippen LogP contribution in [0.15, 0.2) is 53.4 Å². The van der Waals surface area contributed by atoms with Crippen molar-refractivity contribution in [2.75, 3.05) is 17.8 Å². The summed E-state index contributed by atoms with van der Waals surface area (Å²) in [5.74, 6) is 0.366. The Bertz CT molecular complexity index is 1170. The lowest BCUT2D eigenvalue weighted by atomic mass is 9.87. The molecule has 1 aliphatic heterocycles. The third-order valence-electron chi connectivity index (χ3n) is 7.19. The first-order valence-corrected chi connectivity index (χ1v) is 14.0. The van der Waals surface area contributed by atoms with Crippen molar-refractivity contribution < 1.29 is 18.0 Å². The molecule has 1 saturated heterocycles. The second-order valence-corrected chi connectivity index (χ2v) is 11.7. The van der Waals surface area contributed by atoms with Gasteiger partial charge in [0.1, 0.15) is 0 Å². The van der Waals surface area contributed by atoms with E-state index < -0.39 is 10.0 Å². The minimum atomic E-state index is -3.78. The Balaban J connectivity index is 1.40. The summed E-state index contributed by atoms with van der Waals surface area (Å²) >= 11 is 0. The Labute approximate surface area is 208 Å². The number of nitrogens with zero attached hydrogens (tertiary/aromatic N) is 1. The van der Waals surface area contributed by atoms with Crippen LogP contribution in [-0.4, -0.2) is 44.3 Å². The van der Waals surface area contributed by atoms with Crippen molar-refractivity contribution in [2.24, 2.45) is 11.8 Å². The van der Waals surface area contributed by atoms with Crippen LogP contribution >= 0.6 is 0 Å². The highest BCUT2D eigenvalue weighted by Gasteiger charge is 2.31. The third-order valence-corrected chi connectivity index (χ3v) is 8.73. The molecule has 1 saturated carbocycles. The van der Waals surface area contributed by atoms with E-state index in [-0.39, 0.29) is 28.7 Å². The monoisotopic (exact) mass is 497 g/mol. The number of sulfonamides is 1. The Hall–Kier alpha value is -2.87. The summed E-state index contributed by atoms with van der Waals surface area (Å²) in [6.07, 6.45) is 5.87. The SMILES string of the molecule is Cc1ccccc1S(=O)(=O)Nc1cccc(C(=O)N2CCCC(C(=O)NC3CCC(C)CC3)C2)c1. The van der Waals surface area contributed by atoms with E-state index in [2.05, 4.69) is 17.0 Å². The van der Waals surface area contributed by atoms with Crippen LogP contribution in [0.25, 0.3) is 0 Å². The molecule has 188 valence electrons. The first kappa shape index (κ1) is 25.2. The van der Waals surface area contributed by atoms with E-state index in [1.807, 2.05) is 0 Å². The normalized spacial score (nSPS) is 22.9. The second kappa shape index (κ2) is 10.8. The van der Waals surface area contributed by atoms with Crippen LogP contribution in [0.2, 0.25) is 0 Å². The van der Waals surface area contributed by atoms with Gasteiger partial charge in [-0.25, -0.2) is 8.42 Å². The molecule has 1 atom stereocenters. The van der Waals surface area contributed by atoms with E-state index in [0.29, 0.717) is 29.9 Å². The first-order chi connectivity index (χ1) is 16.7. The molecule has 2 fully saturated rings. The predicted molar refractivity (Wildman–Crippen MR) is 137 cm³/mol. The zero-order valence-electron chi connectivity index (χ0n) is 20.5. The summed E-state index contributed by atoms with van der Waals surface area (Å²) in [5, 5.41) is 3.21. The smallest absolute Gasteiger partial charge is 0.262 e. The van der Waals surface area contributed by atoms with Gasteiger partial charge in [-0.3, -0.25) is 14.3 Å². The molecule has 2 aromatic carbocycles. The number of aryl methyl sites for hydroxylation is 1. The van der Waals surface area contributed by atoms with Gasteiger partial charge in [0, 0.05) is 30.4 Å². The number of carbonyl (C=O) groups is 2. The predicted octanol–water partition coefficient (Wildman–Crippen LogP) is 4.34. The van der Waals surface area contributed by atoms with E-state index in [0.717, 1.165) is 44.4 Å². The summed E-state index contributed by atoms with van der Waals surface area (Å²) < 4.78 is 28.3. The molecule has 2 aliphatic rings.